The zero-order valence-corrected chi connectivity index (χ0v) is 10.1. The van der Waals surface area contributed by atoms with Gasteiger partial charge in [-0.05, 0) is 12.1 Å². The molecule has 0 spiro atoms. The molecule has 0 saturated heterocycles. The summed E-state index contributed by atoms with van der Waals surface area (Å²) in [6.07, 6.45) is 0. The van der Waals surface area contributed by atoms with Gasteiger partial charge in [-0.2, -0.15) is 0 Å². The van der Waals surface area contributed by atoms with Crippen LogP contribution < -0.4 is 5.73 Å². The maximum absolute atomic E-state index is 11.0. The van der Waals surface area contributed by atoms with Gasteiger partial charge < -0.3 is 5.73 Å². The molecule has 2 N–H and O–H groups in total. The van der Waals surface area contributed by atoms with Crippen molar-refractivity contribution in [2.45, 2.75) is 4.90 Å². The molecule has 0 aromatic heterocycles. The number of nitrogens with two attached hydrogens (primary N) is 1. The minimum Gasteiger partial charge on any atom is -0.366 e. The normalized spacial score (nSPS) is 11.4. The third-order valence-electron chi connectivity index (χ3n) is 1.55. The molecule has 15 heavy (non-hydrogen) atoms. The lowest BCUT2D eigenvalue weighted by Gasteiger charge is -2.04. The van der Waals surface area contributed by atoms with Crippen molar-refractivity contribution in [3.05, 3.63) is 27.7 Å². The topological polar surface area (TPSA) is 77.2 Å². The summed E-state index contributed by atoms with van der Waals surface area (Å²) in [6, 6.07) is 2.04. The molecule has 1 aromatic carbocycles. The zero-order valence-electron chi connectivity index (χ0n) is 7.00. The fourth-order valence-corrected chi connectivity index (χ4v) is 2.74. The molecule has 0 heterocycles. The largest absolute Gasteiger partial charge is 0.366 e. The van der Waals surface area contributed by atoms with Gasteiger partial charge in [-0.1, -0.05) is 23.2 Å². The molecule has 1 aromatic rings. The highest BCUT2D eigenvalue weighted by Gasteiger charge is 2.19. The first-order valence-electron chi connectivity index (χ1n) is 3.47. The number of amides is 1. The number of primary amides is 1. The van der Waals surface area contributed by atoms with Crippen LogP contribution in [0.2, 0.25) is 10.0 Å². The fourth-order valence-electron chi connectivity index (χ4n) is 0.905. The van der Waals surface area contributed by atoms with Crippen LogP contribution in [0.25, 0.3) is 0 Å². The smallest absolute Gasteiger partial charge is 0.262 e. The van der Waals surface area contributed by atoms with Crippen molar-refractivity contribution in [2.24, 2.45) is 5.73 Å². The van der Waals surface area contributed by atoms with Gasteiger partial charge in [-0.25, -0.2) is 8.42 Å². The first-order valence-corrected chi connectivity index (χ1v) is 6.53. The van der Waals surface area contributed by atoms with Crippen LogP contribution in [0.5, 0.6) is 0 Å². The molecular formula is C7H4Cl3NO3S. The summed E-state index contributed by atoms with van der Waals surface area (Å²) in [7, 11) is 1.05. The molecule has 4 nitrogen and oxygen atoms in total. The van der Waals surface area contributed by atoms with Crippen molar-refractivity contribution in [3.8, 4) is 0 Å². The van der Waals surface area contributed by atoms with E-state index in [1.165, 1.54) is 0 Å². The Morgan fingerprint density at radius 3 is 2.13 bits per heavy atom. The summed E-state index contributed by atoms with van der Waals surface area (Å²) in [5.41, 5.74) is 4.82. The van der Waals surface area contributed by atoms with Gasteiger partial charge in [0.05, 0.1) is 15.6 Å². The molecule has 0 aliphatic rings. The first kappa shape index (κ1) is 12.6. The lowest BCUT2D eigenvalue weighted by atomic mass is 10.2. The summed E-state index contributed by atoms with van der Waals surface area (Å²) in [4.78, 5) is 10.5. The number of hydrogen-bond acceptors (Lipinski definition) is 3. The predicted molar refractivity (Wildman–Crippen MR) is 58.0 cm³/mol. The second-order valence-corrected chi connectivity index (χ2v) is 5.91. The van der Waals surface area contributed by atoms with Crippen molar-refractivity contribution in [1.29, 1.82) is 0 Å². The Labute approximate surface area is 100 Å². The molecule has 1 amide bonds. The Kier molecular flexibility index (Phi) is 3.50. The highest BCUT2D eigenvalue weighted by Crippen LogP contribution is 2.30. The number of rotatable bonds is 2. The zero-order chi connectivity index (χ0) is 11.8. The van der Waals surface area contributed by atoms with Crippen LogP contribution in [0.3, 0.4) is 0 Å². The quantitative estimate of drug-likeness (QED) is 0.846. The van der Waals surface area contributed by atoms with Gasteiger partial charge in [0, 0.05) is 10.7 Å². The Morgan fingerprint density at radius 1 is 1.20 bits per heavy atom. The van der Waals surface area contributed by atoms with Crippen molar-refractivity contribution >= 4 is 48.8 Å². The average molecular weight is 289 g/mol. The Bertz CT molecular complexity index is 527. The average Bonchev–Trinajstić information content (AvgIpc) is 2.00. The molecule has 1 rings (SSSR count). The predicted octanol–water partition coefficient (Wildman–Crippen LogP) is 2.02. The molecule has 8 heteroatoms. The van der Waals surface area contributed by atoms with E-state index in [4.69, 9.17) is 39.6 Å². The molecule has 0 atom stereocenters. The van der Waals surface area contributed by atoms with Crippen LogP contribution in [0.1, 0.15) is 10.4 Å². The third-order valence-corrected chi connectivity index (χ3v) is 3.65. The van der Waals surface area contributed by atoms with Gasteiger partial charge in [-0.3, -0.25) is 4.79 Å². The molecule has 0 radical (unpaired) electrons. The van der Waals surface area contributed by atoms with E-state index in [1.807, 2.05) is 0 Å². The Morgan fingerprint density at radius 2 is 1.73 bits per heavy atom. The third kappa shape index (κ3) is 2.75. The van der Waals surface area contributed by atoms with Gasteiger partial charge in [0.15, 0.2) is 0 Å². The van der Waals surface area contributed by atoms with Gasteiger partial charge in [0.1, 0.15) is 4.90 Å². The fraction of sp³-hybridized carbons (Fsp3) is 0. The van der Waals surface area contributed by atoms with Crippen LogP contribution in [0.15, 0.2) is 17.0 Å². The standard InChI is InChI=1S/C7H4Cl3NO3S/c8-4-2-5(9)6(15(10,13)14)1-3(4)7(11)12/h1-2H,(H2,11,12). The van der Waals surface area contributed by atoms with E-state index in [-0.39, 0.29) is 15.6 Å². The lowest BCUT2D eigenvalue weighted by molar-refractivity contribution is 0.100. The number of hydrogen-bond donors (Lipinski definition) is 1. The Hall–Kier alpha value is -0.490. The molecule has 0 aliphatic carbocycles. The summed E-state index contributed by atoms with van der Waals surface area (Å²) in [5.74, 6) is -0.863. The monoisotopic (exact) mass is 287 g/mol. The molecule has 0 saturated carbocycles. The van der Waals surface area contributed by atoms with Crippen LogP contribution >= 0.6 is 33.9 Å². The molecule has 0 bridgehead atoms. The minimum atomic E-state index is -4.03. The second kappa shape index (κ2) is 4.17. The maximum Gasteiger partial charge on any atom is 0.262 e. The van der Waals surface area contributed by atoms with E-state index in [0.717, 1.165) is 12.1 Å². The molecule has 0 fully saturated rings. The Balaban J connectivity index is 3.58. The molecule has 0 unspecified atom stereocenters. The second-order valence-electron chi connectivity index (χ2n) is 2.56. The highest BCUT2D eigenvalue weighted by molar-refractivity contribution is 8.13. The van der Waals surface area contributed by atoms with Crippen molar-refractivity contribution < 1.29 is 13.2 Å². The van der Waals surface area contributed by atoms with E-state index in [1.54, 1.807) is 0 Å². The van der Waals surface area contributed by atoms with Gasteiger partial charge in [0.25, 0.3) is 9.05 Å². The summed E-state index contributed by atoms with van der Waals surface area (Å²) in [6.45, 7) is 0. The SMILES string of the molecule is NC(=O)c1cc(S(=O)(=O)Cl)c(Cl)cc1Cl. The number of carbonyl (C=O) groups is 1. The molecular weight excluding hydrogens is 285 g/mol. The number of halogens is 3. The number of benzene rings is 1. The summed E-state index contributed by atoms with van der Waals surface area (Å²) in [5, 5.41) is -0.198. The maximum atomic E-state index is 11.0. The van der Waals surface area contributed by atoms with E-state index >= 15 is 0 Å². The van der Waals surface area contributed by atoms with Crippen molar-refractivity contribution in [1.82, 2.24) is 0 Å². The first-order chi connectivity index (χ1) is 6.73. The van der Waals surface area contributed by atoms with Gasteiger partial charge in [0.2, 0.25) is 5.91 Å². The highest BCUT2D eigenvalue weighted by atomic mass is 35.7. The van der Waals surface area contributed by atoms with E-state index in [9.17, 15) is 13.2 Å². The van der Waals surface area contributed by atoms with Crippen molar-refractivity contribution in [3.63, 3.8) is 0 Å². The van der Waals surface area contributed by atoms with Gasteiger partial charge in [-0.15, -0.1) is 0 Å². The van der Waals surface area contributed by atoms with Crippen LogP contribution in [-0.2, 0) is 9.05 Å². The van der Waals surface area contributed by atoms with Crippen LogP contribution in [0.4, 0.5) is 0 Å². The van der Waals surface area contributed by atoms with Crippen molar-refractivity contribution in [2.75, 3.05) is 0 Å². The van der Waals surface area contributed by atoms with E-state index < -0.39 is 19.9 Å². The summed E-state index contributed by atoms with van der Waals surface area (Å²) < 4.78 is 22.1. The minimum absolute atomic E-state index is 0.0310. The number of carbonyl (C=O) groups excluding carboxylic acids is 1. The molecule has 82 valence electrons. The van der Waals surface area contributed by atoms with Crippen LogP contribution in [-0.4, -0.2) is 14.3 Å². The van der Waals surface area contributed by atoms with E-state index in [0.29, 0.717) is 0 Å². The van der Waals surface area contributed by atoms with E-state index in [2.05, 4.69) is 0 Å². The van der Waals surface area contributed by atoms with Crippen LogP contribution in [0, 0.1) is 0 Å². The summed E-state index contributed by atoms with van der Waals surface area (Å²) >= 11 is 11.2. The molecule has 0 aliphatic heterocycles. The van der Waals surface area contributed by atoms with Gasteiger partial charge >= 0.3 is 0 Å². The lowest BCUT2D eigenvalue weighted by Crippen LogP contribution is -2.12.